The summed E-state index contributed by atoms with van der Waals surface area (Å²) < 4.78 is 0. The number of nitrogens with two attached hydrogens (primary N) is 1. The van der Waals surface area contributed by atoms with E-state index in [1.165, 1.54) is 5.56 Å². The van der Waals surface area contributed by atoms with Crippen molar-refractivity contribution >= 4 is 30.3 Å². The lowest BCUT2D eigenvalue weighted by molar-refractivity contribution is -0.120. The first-order valence-electron chi connectivity index (χ1n) is 7.39. The van der Waals surface area contributed by atoms with Crippen LogP contribution in [-0.2, 0) is 4.79 Å². The second-order valence-electron chi connectivity index (χ2n) is 6.09. The van der Waals surface area contributed by atoms with Gasteiger partial charge in [0, 0.05) is 18.1 Å². The quantitative estimate of drug-likeness (QED) is 0.863. The van der Waals surface area contributed by atoms with E-state index >= 15 is 0 Å². The van der Waals surface area contributed by atoms with Gasteiger partial charge >= 0.3 is 0 Å². The molecule has 116 valence electrons. The Hall–Kier alpha value is -0.610. The first kappa shape index (κ1) is 16.8. The van der Waals surface area contributed by atoms with Gasteiger partial charge < -0.3 is 5.73 Å². The summed E-state index contributed by atoms with van der Waals surface area (Å²) in [5.74, 6) is 0.922. The molecule has 5 heteroatoms. The van der Waals surface area contributed by atoms with E-state index in [0.717, 1.165) is 50.1 Å². The minimum atomic E-state index is -0.717. The average Bonchev–Trinajstić information content (AvgIpc) is 3.32. The molecule has 0 bridgehead atoms. The summed E-state index contributed by atoms with van der Waals surface area (Å²) in [5.41, 5.74) is 6.95. The number of benzene rings is 1. The highest BCUT2D eigenvalue weighted by molar-refractivity contribution is 6.30. The fourth-order valence-electron chi connectivity index (χ4n) is 3.31. The van der Waals surface area contributed by atoms with Crippen molar-refractivity contribution < 1.29 is 4.79 Å². The van der Waals surface area contributed by atoms with Gasteiger partial charge in [0.2, 0.25) is 0 Å². The van der Waals surface area contributed by atoms with E-state index < -0.39 is 5.66 Å². The highest BCUT2D eigenvalue weighted by Gasteiger charge is 2.47. The average molecular weight is 329 g/mol. The van der Waals surface area contributed by atoms with Gasteiger partial charge in [-0.1, -0.05) is 23.7 Å². The number of carbonyl (C=O) groups excluding carboxylic acids is 1. The topological polar surface area (TPSA) is 46.3 Å². The molecule has 2 fully saturated rings. The number of aldehydes is 1. The van der Waals surface area contributed by atoms with Gasteiger partial charge in [-0.25, -0.2) is 0 Å². The molecule has 3 rings (SSSR count). The van der Waals surface area contributed by atoms with Crippen LogP contribution < -0.4 is 5.73 Å². The van der Waals surface area contributed by atoms with Crippen molar-refractivity contribution in [2.75, 3.05) is 13.1 Å². The van der Waals surface area contributed by atoms with Crippen LogP contribution in [0.15, 0.2) is 24.3 Å². The number of halogens is 2. The van der Waals surface area contributed by atoms with E-state index in [2.05, 4.69) is 17.0 Å². The third-order valence-electron chi connectivity index (χ3n) is 4.80. The zero-order valence-electron chi connectivity index (χ0n) is 12.0. The molecule has 2 aliphatic rings. The smallest absolute Gasteiger partial charge is 0.154 e. The highest BCUT2D eigenvalue weighted by atomic mass is 35.5. The number of hydrogen-bond acceptors (Lipinski definition) is 3. The molecular formula is C16H22Cl2N2O. The third-order valence-corrected chi connectivity index (χ3v) is 5.06. The van der Waals surface area contributed by atoms with E-state index in [-0.39, 0.29) is 12.4 Å². The minimum Gasteiger partial charge on any atom is -0.307 e. The fourth-order valence-corrected chi connectivity index (χ4v) is 3.44. The standard InChI is InChI=1S/C16H21ClN2O.ClH/c17-15-5-1-12(2-6-15)13-7-9-19(10-8-13)16(18,11-20)14-3-4-14;/h1-2,5-6,11,13-14H,3-4,7-10,18H2;1H/t16-;/m0./s1. The molecule has 0 unspecified atom stereocenters. The Morgan fingerprint density at radius 2 is 1.71 bits per heavy atom. The normalized spacial score (nSPS) is 23.1. The van der Waals surface area contributed by atoms with Gasteiger partial charge in [0.25, 0.3) is 0 Å². The number of likely N-dealkylation sites (tertiary alicyclic amines) is 1. The fraction of sp³-hybridized carbons (Fsp3) is 0.562. The van der Waals surface area contributed by atoms with Crippen molar-refractivity contribution in [3.63, 3.8) is 0 Å². The van der Waals surface area contributed by atoms with Crippen LogP contribution in [-0.4, -0.2) is 29.9 Å². The van der Waals surface area contributed by atoms with Gasteiger partial charge in [-0.3, -0.25) is 9.69 Å². The number of nitrogens with zero attached hydrogens (tertiary/aromatic N) is 1. The number of piperidine rings is 1. The van der Waals surface area contributed by atoms with Gasteiger partial charge in [-0.05, 0) is 55.2 Å². The van der Waals surface area contributed by atoms with Gasteiger partial charge in [0.15, 0.2) is 6.29 Å². The van der Waals surface area contributed by atoms with Crippen molar-refractivity contribution in [2.45, 2.75) is 37.3 Å². The molecule has 0 amide bonds. The van der Waals surface area contributed by atoms with E-state index in [4.69, 9.17) is 17.3 Å². The van der Waals surface area contributed by atoms with Crippen molar-refractivity contribution in [3.05, 3.63) is 34.9 Å². The molecule has 0 radical (unpaired) electrons. The summed E-state index contributed by atoms with van der Waals surface area (Å²) in [6, 6.07) is 8.12. The molecule has 3 nitrogen and oxygen atoms in total. The van der Waals surface area contributed by atoms with Gasteiger partial charge in [-0.15, -0.1) is 12.4 Å². The van der Waals surface area contributed by atoms with Crippen LogP contribution >= 0.6 is 24.0 Å². The van der Waals surface area contributed by atoms with Gasteiger partial charge in [-0.2, -0.15) is 0 Å². The molecule has 21 heavy (non-hydrogen) atoms. The lowest BCUT2D eigenvalue weighted by Crippen LogP contribution is -2.61. The van der Waals surface area contributed by atoms with E-state index in [9.17, 15) is 4.79 Å². The summed E-state index contributed by atoms with van der Waals surface area (Å²) >= 11 is 5.93. The summed E-state index contributed by atoms with van der Waals surface area (Å²) in [6.07, 6.45) is 5.26. The highest BCUT2D eigenvalue weighted by Crippen LogP contribution is 2.41. The lowest BCUT2D eigenvalue weighted by Gasteiger charge is -2.42. The maximum absolute atomic E-state index is 11.4. The lowest BCUT2D eigenvalue weighted by atomic mass is 9.88. The second-order valence-corrected chi connectivity index (χ2v) is 6.53. The second kappa shape index (κ2) is 6.66. The minimum absolute atomic E-state index is 0. The summed E-state index contributed by atoms with van der Waals surface area (Å²) in [4.78, 5) is 13.6. The molecule has 1 saturated carbocycles. The maximum atomic E-state index is 11.4. The molecule has 1 aliphatic heterocycles. The molecule has 1 aromatic carbocycles. The Balaban J connectivity index is 0.00000161. The van der Waals surface area contributed by atoms with Crippen molar-refractivity contribution in [1.82, 2.24) is 4.90 Å². The van der Waals surface area contributed by atoms with Crippen molar-refractivity contribution in [1.29, 1.82) is 0 Å². The monoisotopic (exact) mass is 328 g/mol. The Kier molecular flexibility index (Phi) is 5.31. The van der Waals surface area contributed by atoms with Gasteiger partial charge in [0.1, 0.15) is 5.66 Å². The summed E-state index contributed by atoms with van der Waals surface area (Å²) in [6.45, 7) is 1.80. The Bertz CT molecular complexity index is 482. The first-order chi connectivity index (χ1) is 9.63. The Morgan fingerprint density at radius 3 is 2.19 bits per heavy atom. The molecule has 2 N–H and O–H groups in total. The predicted molar refractivity (Wildman–Crippen MR) is 88.0 cm³/mol. The molecule has 1 atom stereocenters. The largest absolute Gasteiger partial charge is 0.307 e. The molecule has 1 aliphatic carbocycles. The van der Waals surface area contributed by atoms with Crippen LogP contribution in [0.5, 0.6) is 0 Å². The molecule has 1 heterocycles. The molecular weight excluding hydrogens is 307 g/mol. The van der Waals surface area contributed by atoms with Crippen LogP contribution in [0.25, 0.3) is 0 Å². The number of carbonyl (C=O) groups is 1. The Morgan fingerprint density at radius 1 is 1.14 bits per heavy atom. The van der Waals surface area contributed by atoms with Crippen LogP contribution in [0.4, 0.5) is 0 Å². The molecule has 0 aromatic heterocycles. The third kappa shape index (κ3) is 3.42. The SMILES string of the molecule is Cl.N[C@](C=O)(C1CC1)N1CCC(c2ccc(Cl)cc2)CC1. The van der Waals surface area contributed by atoms with Crippen LogP contribution in [0.1, 0.15) is 37.2 Å². The molecule has 1 saturated heterocycles. The van der Waals surface area contributed by atoms with E-state index in [1.807, 2.05) is 12.1 Å². The first-order valence-corrected chi connectivity index (χ1v) is 7.77. The van der Waals surface area contributed by atoms with Crippen LogP contribution in [0.2, 0.25) is 5.02 Å². The van der Waals surface area contributed by atoms with Gasteiger partial charge in [0.05, 0.1) is 0 Å². The summed E-state index contributed by atoms with van der Waals surface area (Å²) in [7, 11) is 0. The summed E-state index contributed by atoms with van der Waals surface area (Å²) in [5, 5.41) is 0.779. The number of rotatable bonds is 4. The van der Waals surface area contributed by atoms with Crippen molar-refractivity contribution in [3.8, 4) is 0 Å². The zero-order chi connectivity index (χ0) is 14.2. The Labute approximate surface area is 137 Å². The van der Waals surface area contributed by atoms with Crippen LogP contribution in [0, 0.1) is 5.92 Å². The molecule has 1 aromatic rings. The maximum Gasteiger partial charge on any atom is 0.154 e. The zero-order valence-corrected chi connectivity index (χ0v) is 13.6. The van der Waals surface area contributed by atoms with E-state index in [1.54, 1.807) is 0 Å². The van der Waals surface area contributed by atoms with Crippen molar-refractivity contribution in [2.24, 2.45) is 11.7 Å². The predicted octanol–water partition coefficient (Wildman–Crippen LogP) is 3.21. The van der Waals surface area contributed by atoms with E-state index in [0.29, 0.717) is 11.8 Å². The number of hydrogen-bond donors (Lipinski definition) is 1. The molecule has 0 spiro atoms. The van der Waals surface area contributed by atoms with Crippen LogP contribution in [0.3, 0.4) is 0 Å².